The van der Waals surface area contributed by atoms with Crippen LogP contribution in [0.3, 0.4) is 0 Å². The largest absolute Gasteiger partial charge is 0.351 e. The number of carbonyl (C=O) groups is 3. The average Bonchev–Trinajstić information content (AvgIpc) is 3.70. The van der Waals surface area contributed by atoms with Crippen LogP contribution >= 0.6 is 0 Å². The SMILES string of the molecule is CC(C)C(=O)N1CCC(c2ccc(NC(N)=O)cc2)C1.CC(Cc1ccn2ccnc2c1)C(=O)N1CCCC1. The van der Waals surface area contributed by atoms with E-state index < -0.39 is 6.03 Å². The van der Waals surface area contributed by atoms with Gasteiger partial charge in [-0.3, -0.25) is 9.59 Å². The Labute approximate surface area is 230 Å². The third-order valence-electron chi connectivity index (χ3n) is 7.49. The number of benzene rings is 1. The van der Waals surface area contributed by atoms with E-state index in [1.807, 2.05) is 71.6 Å². The van der Waals surface area contributed by atoms with Crippen molar-refractivity contribution in [2.75, 3.05) is 31.5 Å². The molecule has 1 aromatic carbocycles. The van der Waals surface area contributed by atoms with Gasteiger partial charge >= 0.3 is 6.03 Å². The Morgan fingerprint density at radius 3 is 2.36 bits per heavy atom. The molecule has 2 aliphatic heterocycles. The van der Waals surface area contributed by atoms with Gasteiger partial charge in [0.2, 0.25) is 11.8 Å². The van der Waals surface area contributed by atoms with E-state index in [0.29, 0.717) is 17.5 Å². The molecule has 2 unspecified atom stereocenters. The number of rotatable bonds is 6. The van der Waals surface area contributed by atoms with Gasteiger partial charge in [-0.05, 0) is 61.1 Å². The van der Waals surface area contributed by atoms with Gasteiger partial charge in [0.1, 0.15) is 5.65 Å². The quantitative estimate of drug-likeness (QED) is 0.493. The predicted molar refractivity (Wildman–Crippen MR) is 152 cm³/mol. The lowest BCUT2D eigenvalue weighted by Crippen LogP contribution is -2.33. The van der Waals surface area contributed by atoms with Crippen LogP contribution in [-0.4, -0.2) is 63.2 Å². The van der Waals surface area contributed by atoms with Crippen LogP contribution in [0, 0.1) is 11.8 Å². The molecule has 2 fully saturated rings. The Morgan fingerprint density at radius 2 is 1.69 bits per heavy atom. The summed E-state index contributed by atoms with van der Waals surface area (Å²) in [5, 5.41) is 2.54. The van der Waals surface area contributed by atoms with Gasteiger partial charge in [0.15, 0.2) is 0 Å². The maximum atomic E-state index is 12.3. The summed E-state index contributed by atoms with van der Waals surface area (Å²) in [6.45, 7) is 9.35. The first kappa shape index (κ1) is 28.1. The van der Waals surface area contributed by atoms with Crippen molar-refractivity contribution in [2.24, 2.45) is 17.6 Å². The minimum Gasteiger partial charge on any atom is -0.351 e. The molecule has 2 aliphatic rings. The maximum absolute atomic E-state index is 12.3. The van der Waals surface area contributed by atoms with E-state index in [-0.39, 0.29) is 17.7 Å². The second kappa shape index (κ2) is 12.8. The lowest BCUT2D eigenvalue weighted by Gasteiger charge is -2.20. The highest BCUT2D eigenvalue weighted by atomic mass is 16.2. The van der Waals surface area contributed by atoms with E-state index in [0.717, 1.165) is 57.5 Å². The summed E-state index contributed by atoms with van der Waals surface area (Å²) in [6, 6.07) is 11.2. The van der Waals surface area contributed by atoms with Crippen molar-refractivity contribution in [1.29, 1.82) is 0 Å². The van der Waals surface area contributed by atoms with E-state index in [1.165, 1.54) is 11.1 Å². The smallest absolute Gasteiger partial charge is 0.316 e. The van der Waals surface area contributed by atoms with Crippen molar-refractivity contribution in [3.05, 3.63) is 66.1 Å². The van der Waals surface area contributed by atoms with Crippen molar-refractivity contribution in [3.63, 3.8) is 0 Å². The molecule has 5 rings (SSSR count). The lowest BCUT2D eigenvalue weighted by atomic mass is 9.98. The molecule has 0 saturated carbocycles. The fraction of sp³-hybridized carbons (Fsp3) is 0.467. The number of nitrogens with one attached hydrogen (secondary N) is 1. The van der Waals surface area contributed by atoms with Crippen LogP contribution in [0.1, 0.15) is 57.1 Å². The number of pyridine rings is 1. The molecule has 0 aliphatic carbocycles. The molecule has 208 valence electrons. The van der Waals surface area contributed by atoms with Crippen LogP contribution in [-0.2, 0) is 16.0 Å². The third-order valence-corrected chi connectivity index (χ3v) is 7.49. The highest BCUT2D eigenvalue weighted by molar-refractivity contribution is 5.87. The summed E-state index contributed by atoms with van der Waals surface area (Å²) in [5.41, 5.74) is 9.08. The summed E-state index contributed by atoms with van der Waals surface area (Å²) in [5.74, 6) is 0.993. The second-order valence-electron chi connectivity index (χ2n) is 10.9. The number of hydrogen-bond acceptors (Lipinski definition) is 4. The molecule has 9 nitrogen and oxygen atoms in total. The van der Waals surface area contributed by atoms with Crippen LogP contribution < -0.4 is 11.1 Å². The standard InChI is InChI=1S/C15H21N3O2.C15H19N3O/c1-10(2)14(19)18-8-7-12(9-18)11-3-5-13(6-4-11)17-15(16)20;1-12(15(19)18-6-2-3-7-18)10-13-4-8-17-9-5-16-14(17)11-13/h3-6,10,12H,7-9H2,1-2H3,(H3,16,17,20);4-5,8-9,11-12H,2-3,6-7,10H2,1H3. The Bertz CT molecular complexity index is 1280. The molecule has 3 N–H and O–H groups in total. The fourth-order valence-corrected chi connectivity index (χ4v) is 5.35. The van der Waals surface area contributed by atoms with Gasteiger partial charge in [-0.15, -0.1) is 0 Å². The topological polar surface area (TPSA) is 113 Å². The van der Waals surface area contributed by atoms with Gasteiger partial charge in [0.05, 0.1) is 0 Å². The molecule has 0 radical (unpaired) electrons. The van der Waals surface area contributed by atoms with Crippen molar-refractivity contribution < 1.29 is 14.4 Å². The van der Waals surface area contributed by atoms with Gasteiger partial charge in [0.25, 0.3) is 0 Å². The zero-order valence-electron chi connectivity index (χ0n) is 23.2. The van der Waals surface area contributed by atoms with E-state index in [4.69, 9.17) is 5.73 Å². The first-order valence-electron chi connectivity index (χ1n) is 13.9. The van der Waals surface area contributed by atoms with Crippen molar-refractivity contribution >= 4 is 29.2 Å². The second-order valence-corrected chi connectivity index (χ2v) is 10.9. The van der Waals surface area contributed by atoms with Crippen molar-refractivity contribution in [3.8, 4) is 0 Å². The molecule has 3 aromatic rings. The molecule has 0 bridgehead atoms. The molecule has 39 heavy (non-hydrogen) atoms. The van der Waals surface area contributed by atoms with Gasteiger partial charge < -0.3 is 25.3 Å². The van der Waals surface area contributed by atoms with E-state index >= 15 is 0 Å². The number of nitrogens with two attached hydrogens (primary N) is 1. The molecule has 9 heteroatoms. The number of hydrogen-bond donors (Lipinski definition) is 2. The molecule has 4 heterocycles. The Kier molecular flexibility index (Phi) is 9.22. The summed E-state index contributed by atoms with van der Waals surface area (Å²) in [6.07, 6.45) is 9.80. The molecule has 2 saturated heterocycles. The molecular weight excluding hydrogens is 492 g/mol. The molecule has 0 spiro atoms. The number of aromatic nitrogens is 2. The molecular formula is C30H40N6O3. The molecule has 4 amide bonds. The van der Waals surface area contributed by atoms with Crippen molar-refractivity contribution in [1.82, 2.24) is 19.2 Å². The van der Waals surface area contributed by atoms with Crippen LogP contribution in [0.15, 0.2) is 55.0 Å². The summed E-state index contributed by atoms with van der Waals surface area (Å²) in [4.78, 5) is 43.2. The lowest BCUT2D eigenvalue weighted by molar-refractivity contribution is -0.134. The highest BCUT2D eigenvalue weighted by Gasteiger charge is 2.28. The van der Waals surface area contributed by atoms with Crippen LogP contribution in [0.2, 0.25) is 0 Å². The number of likely N-dealkylation sites (tertiary alicyclic amines) is 2. The Morgan fingerprint density at radius 1 is 0.974 bits per heavy atom. The Balaban J connectivity index is 0.000000181. The minimum atomic E-state index is -0.563. The van der Waals surface area contributed by atoms with Crippen LogP contribution in [0.25, 0.3) is 5.65 Å². The van der Waals surface area contributed by atoms with E-state index in [9.17, 15) is 14.4 Å². The van der Waals surface area contributed by atoms with Crippen LogP contribution in [0.5, 0.6) is 0 Å². The normalized spacial score (nSPS) is 17.7. The summed E-state index contributed by atoms with van der Waals surface area (Å²) in [7, 11) is 0. The first-order chi connectivity index (χ1) is 18.7. The van der Waals surface area contributed by atoms with E-state index in [1.54, 1.807) is 6.20 Å². The average molecular weight is 533 g/mol. The number of nitrogens with zero attached hydrogens (tertiary/aromatic N) is 4. The van der Waals surface area contributed by atoms with E-state index in [2.05, 4.69) is 22.4 Å². The monoisotopic (exact) mass is 532 g/mol. The number of anilines is 1. The fourth-order valence-electron chi connectivity index (χ4n) is 5.35. The van der Waals surface area contributed by atoms with Crippen LogP contribution in [0.4, 0.5) is 10.5 Å². The zero-order chi connectivity index (χ0) is 27.9. The maximum Gasteiger partial charge on any atom is 0.316 e. The summed E-state index contributed by atoms with van der Waals surface area (Å²) < 4.78 is 1.98. The van der Waals surface area contributed by atoms with Gasteiger partial charge in [-0.2, -0.15) is 0 Å². The molecule has 2 atom stereocenters. The number of fused-ring (bicyclic) bond motifs is 1. The van der Waals surface area contributed by atoms with Crippen molar-refractivity contribution in [2.45, 2.75) is 52.4 Å². The van der Waals surface area contributed by atoms with Gasteiger partial charge in [-0.1, -0.05) is 32.9 Å². The highest BCUT2D eigenvalue weighted by Crippen LogP contribution is 2.29. The number of carbonyl (C=O) groups excluding carboxylic acids is 3. The zero-order valence-corrected chi connectivity index (χ0v) is 23.2. The number of urea groups is 1. The molecule has 2 aromatic heterocycles. The third kappa shape index (κ3) is 7.37. The van der Waals surface area contributed by atoms with Gasteiger partial charge in [-0.25, -0.2) is 9.78 Å². The first-order valence-corrected chi connectivity index (χ1v) is 13.9. The number of imidazole rings is 1. The predicted octanol–water partition coefficient (Wildman–Crippen LogP) is 4.28. The number of amides is 4. The summed E-state index contributed by atoms with van der Waals surface area (Å²) >= 11 is 0. The number of primary amides is 1. The van der Waals surface area contributed by atoms with Gasteiger partial charge in [0, 0.05) is 68.2 Å². The Hall–Kier alpha value is -3.88. The minimum absolute atomic E-state index is 0.0514.